The van der Waals surface area contributed by atoms with Gasteiger partial charge in [0.2, 0.25) is 0 Å². The molecule has 6 heteroatoms. The van der Waals surface area contributed by atoms with E-state index in [1.807, 2.05) is 36.5 Å². The minimum Gasteiger partial charge on any atom is -0.465 e. The molecule has 0 unspecified atom stereocenters. The predicted molar refractivity (Wildman–Crippen MR) is 114 cm³/mol. The molecule has 0 saturated carbocycles. The van der Waals surface area contributed by atoms with Crippen LogP contribution in [0.1, 0.15) is 42.1 Å². The number of esters is 1. The minimum absolute atomic E-state index is 0.0260. The summed E-state index contributed by atoms with van der Waals surface area (Å²) in [6, 6.07) is 15.1. The van der Waals surface area contributed by atoms with Gasteiger partial charge in [-0.2, -0.15) is 0 Å². The Bertz CT molecular complexity index is 812. The van der Waals surface area contributed by atoms with Gasteiger partial charge in [-0.15, -0.1) is 0 Å². The second-order valence-corrected chi connectivity index (χ2v) is 7.50. The van der Waals surface area contributed by atoms with Crippen molar-refractivity contribution in [1.29, 1.82) is 0 Å². The Morgan fingerprint density at radius 2 is 1.69 bits per heavy atom. The van der Waals surface area contributed by atoms with Crippen molar-refractivity contribution < 1.29 is 19.6 Å². The molecule has 1 heterocycles. The van der Waals surface area contributed by atoms with E-state index < -0.39 is 0 Å². The Morgan fingerprint density at radius 1 is 1.03 bits per heavy atom. The summed E-state index contributed by atoms with van der Waals surface area (Å²) in [7, 11) is 1.37. The fraction of sp³-hybridized carbons (Fsp3) is 0.391. The molecule has 6 nitrogen and oxygen atoms in total. The molecule has 0 aliphatic carbocycles. The van der Waals surface area contributed by atoms with Crippen LogP contribution in [0.5, 0.6) is 0 Å². The third-order valence-electron chi connectivity index (χ3n) is 5.35. The maximum atomic E-state index is 12.5. The number of anilines is 2. The number of ether oxygens (including phenoxy) is 1. The molecule has 0 bridgehead atoms. The van der Waals surface area contributed by atoms with Crippen LogP contribution in [0.2, 0.25) is 0 Å². The summed E-state index contributed by atoms with van der Waals surface area (Å²) < 4.78 is 4.70. The Morgan fingerprint density at radius 3 is 2.31 bits per heavy atom. The molecule has 1 fully saturated rings. The Labute approximate surface area is 172 Å². The van der Waals surface area contributed by atoms with Gasteiger partial charge in [0.1, 0.15) is 6.54 Å². The number of rotatable bonds is 7. The number of carbonyl (C=O) groups is 2. The number of methoxy groups -OCH3 is 1. The van der Waals surface area contributed by atoms with Crippen molar-refractivity contribution in [2.45, 2.75) is 38.8 Å². The van der Waals surface area contributed by atoms with E-state index in [4.69, 9.17) is 4.74 Å². The Kier molecular flexibility index (Phi) is 7.25. The Hall–Kier alpha value is -2.86. The molecule has 1 atom stereocenters. The molecule has 0 aromatic heterocycles. The molecule has 2 aromatic rings. The molecule has 1 amide bonds. The normalized spacial score (nSPS) is 14.9. The zero-order chi connectivity index (χ0) is 20.6. The lowest BCUT2D eigenvalue weighted by Crippen LogP contribution is -2.90. The lowest BCUT2D eigenvalue weighted by atomic mass is 10.1. The van der Waals surface area contributed by atoms with Crippen molar-refractivity contribution in [1.82, 2.24) is 0 Å². The highest BCUT2D eigenvalue weighted by molar-refractivity contribution is 5.93. The third-order valence-corrected chi connectivity index (χ3v) is 5.35. The van der Waals surface area contributed by atoms with Gasteiger partial charge in [0.25, 0.3) is 5.91 Å². The quantitative estimate of drug-likeness (QED) is 0.706. The standard InChI is InChI=1S/C23H29N3O3/c1-17(24-16-18-6-8-19(9-7-18)23(28)29-2)22(27)25-20-10-12-21(13-11-20)26-14-4-3-5-15-26/h6-13,17,24H,3-5,14-16H2,1-2H3,(H,25,27)/p+1/t17-/m1/s1. The van der Waals surface area contributed by atoms with Crippen molar-refractivity contribution in [3.05, 3.63) is 59.7 Å². The molecule has 1 aliphatic rings. The molecule has 3 rings (SSSR count). The summed E-state index contributed by atoms with van der Waals surface area (Å²) in [6.07, 6.45) is 3.81. The predicted octanol–water partition coefficient (Wildman–Crippen LogP) is 2.55. The molecule has 2 aromatic carbocycles. The highest BCUT2D eigenvalue weighted by Gasteiger charge is 2.17. The number of nitrogens with zero attached hydrogens (tertiary/aromatic N) is 1. The zero-order valence-electron chi connectivity index (χ0n) is 17.2. The fourth-order valence-corrected chi connectivity index (χ4v) is 3.48. The van der Waals surface area contributed by atoms with Gasteiger partial charge < -0.3 is 20.3 Å². The number of piperidine rings is 1. The number of nitrogens with one attached hydrogen (secondary N) is 1. The molecule has 3 N–H and O–H groups in total. The molecule has 0 radical (unpaired) electrons. The van der Waals surface area contributed by atoms with Crippen LogP contribution in [-0.4, -0.2) is 38.1 Å². The van der Waals surface area contributed by atoms with Gasteiger partial charge in [0.05, 0.1) is 12.7 Å². The van der Waals surface area contributed by atoms with E-state index in [0.29, 0.717) is 12.1 Å². The van der Waals surface area contributed by atoms with Crippen LogP contribution in [0.15, 0.2) is 48.5 Å². The topological polar surface area (TPSA) is 75.2 Å². The number of hydrogen-bond donors (Lipinski definition) is 2. The van der Waals surface area contributed by atoms with E-state index >= 15 is 0 Å². The third kappa shape index (κ3) is 5.81. The molecule has 154 valence electrons. The lowest BCUT2D eigenvalue weighted by Gasteiger charge is -2.28. The molecular formula is C23H30N3O3+. The van der Waals surface area contributed by atoms with Crippen LogP contribution >= 0.6 is 0 Å². The van der Waals surface area contributed by atoms with Crippen LogP contribution in [0, 0.1) is 0 Å². The van der Waals surface area contributed by atoms with Crippen LogP contribution in [0.25, 0.3) is 0 Å². The number of nitrogens with two attached hydrogens (primary N) is 1. The van der Waals surface area contributed by atoms with Crippen molar-refractivity contribution in [3.8, 4) is 0 Å². The summed E-state index contributed by atoms with van der Waals surface area (Å²) in [5, 5.41) is 4.97. The fourth-order valence-electron chi connectivity index (χ4n) is 3.48. The van der Waals surface area contributed by atoms with E-state index in [-0.39, 0.29) is 17.9 Å². The maximum Gasteiger partial charge on any atom is 0.337 e. The molecule has 1 saturated heterocycles. The first-order valence-electron chi connectivity index (χ1n) is 10.2. The summed E-state index contributed by atoms with van der Waals surface area (Å²) >= 11 is 0. The summed E-state index contributed by atoms with van der Waals surface area (Å²) in [5.74, 6) is -0.374. The summed E-state index contributed by atoms with van der Waals surface area (Å²) in [4.78, 5) is 26.4. The summed E-state index contributed by atoms with van der Waals surface area (Å²) in [5.41, 5.74) is 3.61. The van der Waals surface area contributed by atoms with Crippen LogP contribution in [-0.2, 0) is 16.1 Å². The first kappa shape index (κ1) is 20.9. The van der Waals surface area contributed by atoms with Crippen molar-refractivity contribution in [2.75, 3.05) is 30.4 Å². The van der Waals surface area contributed by atoms with Crippen molar-refractivity contribution in [2.24, 2.45) is 0 Å². The monoisotopic (exact) mass is 396 g/mol. The van der Waals surface area contributed by atoms with Gasteiger partial charge >= 0.3 is 5.97 Å². The van der Waals surface area contributed by atoms with E-state index in [9.17, 15) is 9.59 Å². The average Bonchev–Trinajstić information content (AvgIpc) is 2.78. The van der Waals surface area contributed by atoms with Crippen LogP contribution in [0.4, 0.5) is 11.4 Å². The SMILES string of the molecule is COC(=O)c1ccc(C[NH2+][C@H](C)C(=O)Nc2ccc(N3CCCCC3)cc2)cc1. The van der Waals surface area contributed by atoms with Gasteiger partial charge in [0, 0.05) is 30.0 Å². The maximum absolute atomic E-state index is 12.5. The second kappa shape index (κ2) is 10.1. The average molecular weight is 397 g/mol. The van der Waals surface area contributed by atoms with E-state index in [1.54, 1.807) is 12.1 Å². The van der Waals surface area contributed by atoms with Gasteiger partial charge in [-0.1, -0.05) is 12.1 Å². The number of hydrogen-bond acceptors (Lipinski definition) is 4. The van der Waals surface area contributed by atoms with Crippen molar-refractivity contribution >= 4 is 23.3 Å². The molecular weight excluding hydrogens is 366 g/mol. The van der Waals surface area contributed by atoms with Gasteiger partial charge in [-0.05, 0) is 62.6 Å². The van der Waals surface area contributed by atoms with Crippen LogP contribution in [0.3, 0.4) is 0 Å². The number of benzene rings is 2. The van der Waals surface area contributed by atoms with Gasteiger partial charge in [-0.25, -0.2) is 4.79 Å². The first-order valence-corrected chi connectivity index (χ1v) is 10.2. The van der Waals surface area contributed by atoms with E-state index in [2.05, 4.69) is 22.3 Å². The minimum atomic E-state index is -0.348. The molecule has 1 aliphatic heterocycles. The molecule has 0 spiro atoms. The first-order chi connectivity index (χ1) is 14.1. The van der Waals surface area contributed by atoms with Gasteiger partial charge in [0.15, 0.2) is 6.04 Å². The second-order valence-electron chi connectivity index (χ2n) is 7.50. The van der Waals surface area contributed by atoms with Crippen LogP contribution < -0.4 is 15.5 Å². The summed E-state index contributed by atoms with van der Waals surface area (Å²) in [6.45, 7) is 4.76. The van der Waals surface area contributed by atoms with Crippen molar-refractivity contribution in [3.63, 3.8) is 0 Å². The molecule has 29 heavy (non-hydrogen) atoms. The number of carbonyl (C=O) groups excluding carboxylic acids is 2. The smallest absolute Gasteiger partial charge is 0.337 e. The lowest BCUT2D eigenvalue weighted by molar-refractivity contribution is -0.688. The largest absolute Gasteiger partial charge is 0.465 e. The van der Waals surface area contributed by atoms with E-state index in [0.717, 1.165) is 24.3 Å². The highest BCUT2D eigenvalue weighted by atomic mass is 16.5. The van der Waals surface area contributed by atoms with E-state index in [1.165, 1.54) is 32.1 Å². The highest BCUT2D eigenvalue weighted by Crippen LogP contribution is 2.21. The van der Waals surface area contributed by atoms with Gasteiger partial charge in [-0.3, -0.25) is 4.79 Å². The zero-order valence-corrected chi connectivity index (χ0v) is 17.2. The Balaban J connectivity index is 1.48. The number of quaternary nitrogens is 1. The number of amides is 1.